The van der Waals surface area contributed by atoms with Gasteiger partial charge in [0.05, 0.1) is 24.2 Å². The fourth-order valence-electron chi connectivity index (χ4n) is 1.77. The summed E-state index contributed by atoms with van der Waals surface area (Å²) in [6.45, 7) is 2.95. The van der Waals surface area contributed by atoms with Crippen molar-refractivity contribution in [3.63, 3.8) is 0 Å². The number of imidazole rings is 1. The van der Waals surface area contributed by atoms with Crippen LogP contribution >= 0.6 is 23.2 Å². The fourth-order valence-corrected chi connectivity index (χ4v) is 2.27. The number of aromatic nitrogens is 2. The smallest absolute Gasteiger partial charge is 0.291 e. The number of benzene rings is 1. The first-order valence-corrected chi connectivity index (χ1v) is 8.38. The Morgan fingerprint density at radius 3 is 2.77 bits per heavy atom. The Morgan fingerprint density at radius 1 is 1.46 bits per heavy atom. The first-order chi connectivity index (χ1) is 12.4. The van der Waals surface area contributed by atoms with Crippen LogP contribution in [-0.2, 0) is 9.47 Å². The van der Waals surface area contributed by atoms with Crippen LogP contribution in [0.15, 0.2) is 36.9 Å². The molecule has 26 heavy (non-hydrogen) atoms. The van der Waals surface area contributed by atoms with Gasteiger partial charge in [-0.3, -0.25) is 0 Å². The summed E-state index contributed by atoms with van der Waals surface area (Å²) < 4.78 is 13.0. The van der Waals surface area contributed by atoms with Crippen molar-refractivity contribution in [2.45, 2.75) is 19.8 Å². The summed E-state index contributed by atoms with van der Waals surface area (Å²) in [5, 5.41) is 14.7. The Hall–Kier alpha value is -2.29. The molecule has 0 fully saturated rings. The van der Waals surface area contributed by atoms with E-state index in [0.29, 0.717) is 22.4 Å². The van der Waals surface area contributed by atoms with Gasteiger partial charge in [0.25, 0.3) is 5.09 Å². The van der Waals surface area contributed by atoms with Crippen LogP contribution in [0.4, 0.5) is 0 Å². The molecule has 8 nitrogen and oxygen atoms in total. The zero-order chi connectivity index (χ0) is 19.4. The van der Waals surface area contributed by atoms with Gasteiger partial charge in [0.15, 0.2) is 6.79 Å². The molecule has 0 amide bonds. The molecule has 0 spiro atoms. The van der Waals surface area contributed by atoms with Crippen molar-refractivity contribution in [3.05, 3.63) is 62.6 Å². The molecule has 0 aliphatic carbocycles. The molecule has 0 aliphatic rings. The summed E-state index contributed by atoms with van der Waals surface area (Å²) >= 11 is 12.2. The third kappa shape index (κ3) is 8.70. The number of hydrogen-bond donors (Lipinski definition) is 1. The molecule has 2 rings (SSSR count). The van der Waals surface area contributed by atoms with Crippen molar-refractivity contribution in [2.24, 2.45) is 0 Å². The van der Waals surface area contributed by atoms with E-state index in [1.807, 2.05) is 12.3 Å². The zero-order valence-corrected chi connectivity index (χ0v) is 15.6. The van der Waals surface area contributed by atoms with E-state index >= 15 is 0 Å². The normalized spacial score (nSPS) is 10.8. The van der Waals surface area contributed by atoms with E-state index in [9.17, 15) is 0 Å². The number of ether oxygens (including phenoxy) is 2. The lowest BCUT2D eigenvalue weighted by Crippen LogP contribution is -2.02. The summed E-state index contributed by atoms with van der Waals surface area (Å²) in [4.78, 5) is 12.4. The van der Waals surface area contributed by atoms with E-state index in [0.717, 1.165) is 18.4 Å². The minimum absolute atomic E-state index is 0.166. The molecule has 1 aromatic carbocycles. The summed E-state index contributed by atoms with van der Waals surface area (Å²) in [5.74, 6) is 0.594. The van der Waals surface area contributed by atoms with Crippen LogP contribution in [0, 0.1) is 10.1 Å². The van der Waals surface area contributed by atoms with Crippen LogP contribution < -0.4 is 0 Å². The van der Waals surface area contributed by atoms with E-state index in [1.165, 1.54) is 0 Å². The molecule has 142 valence electrons. The van der Waals surface area contributed by atoms with Gasteiger partial charge < -0.3 is 19.2 Å². The van der Waals surface area contributed by atoms with Gasteiger partial charge in [0.1, 0.15) is 5.76 Å². The van der Waals surface area contributed by atoms with E-state index in [-0.39, 0.29) is 6.79 Å². The molecule has 0 radical (unpaired) electrons. The summed E-state index contributed by atoms with van der Waals surface area (Å²) in [6.07, 6.45) is 9.06. The Morgan fingerprint density at radius 2 is 2.19 bits per heavy atom. The predicted molar refractivity (Wildman–Crippen MR) is 98.4 cm³/mol. The van der Waals surface area contributed by atoms with Gasteiger partial charge in [-0.05, 0) is 24.6 Å². The second-order valence-corrected chi connectivity index (χ2v) is 5.73. The molecule has 0 saturated carbocycles. The van der Waals surface area contributed by atoms with Crippen molar-refractivity contribution in [3.8, 4) is 0 Å². The molecule has 0 unspecified atom stereocenters. The molecule has 1 aromatic heterocycles. The minimum atomic E-state index is -1.50. The van der Waals surface area contributed by atoms with E-state index in [2.05, 4.69) is 11.9 Å². The first kappa shape index (κ1) is 21.8. The maximum absolute atomic E-state index is 8.36. The summed E-state index contributed by atoms with van der Waals surface area (Å²) in [7, 11) is 0. The van der Waals surface area contributed by atoms with Gasteiger partial charge >= 0.3 is 0 Å². The lowest BCUT2D eigenvalue weighted by Gasteiger charge is -2.13. The molecule has 0 aliphatic heterocycles. The van der Waals surface area contributed by atoms with Crippen molar-refractivity contribution in [2.75, 3.05) is 13.4 Å². The molecular weight excluding hydrogens is 385 g/mol. The highest BCUT2D eigenvalue weighted by atomic mass is 35.5. The number of unbranched alkanes of at least 4 members (excludes halogenated alkanes) is 1. The average molecular weight is 404 g/mol. The molecule has 0 bridgehead atoms. The Bertz CT molecular complexity index is 704. The topological polar surface area (TPSA) is 99.7 Å². The highest BCUT2D eigenvalue weighted by Crippen LogP contribution is 2.28. The maximum Gasteiger partial charge on any atom is 0.291 e. The summed E-state index contributed by atoms with van der Waals surface area (Å²) in [5.41, 5.74) is 0.749. The Balaban J connectivity index is 0.000000765. The third-order valence-electron chi connectivity index (χ3n) is 2.93. The largest absolute Gasteiger partial charge is 0.465 e. The van der Waals surface area contributed by atoms with Crippen molar-refractivity contribution in [1.82, 2.24) is 9.55 Å². The van der Waals surface area contributed by atoms with Gasteiger partial charge in [-0.1, -0.05) is 36.5 Å². The van der Waals surface area contributed by atoms with Crippen LogP contribution in [-0.4, -0.2) is 33.2 Å². The predicted octanol–water partition coefficient (Wildman–Crippen LogP) is 4.59. The van der Waals surface area contributed by atoms with Gasteiger partial charge in [0, 0.05) is 23.0 Å². The van der Waals surface area contributed by atoms with Crippen LogP contribution in [0.3, 0.4) is 0 Å². The summed E-state index contributed by atoms with van der Waals surface area (Å²) in [6, 6.07) is 5.27. The monoisotopic (exact) mass is 403 g/mol. The van der Waals surface area contributed by atoms with Crippen LogP contribution in [0.2, 0.25) is 10.0 Å². The molecule has 0 saturated heterocycles. The van der Waals surface area contributed by atoms with Crippen LogP contribution in [0.1, 0.15) is 25.3 Å². The fraction of sp³-hybridized carbons (Fsp3) is 0.312. The van der Waals surface area contributed by atoms with Crippen LogP contribution in [0.25, 0.3) is 12.0 Å². The number of halogens is 2. The number of nitrogens with zero attached hydrogens (tertiary/aromatic N) is 3. The number of hydrogen-bond acceptors (Lipinski definition) is 5. The van der Waals surface area contributed by atoms with E-state index in [4.69, 9.17) is 48.0 Å². The molecule has 0 atom stereocenters. The van der Waals surface area contributed by atoms with E-state index < -0.39 is 5.09 Å². The minimum Gasteiger partial charge on any atom is -0.465 e. The molecule has 1 N–H and O–H groups in total. The SMILES string of the molecule is CCCCOCO/C(=C/n1ccnc1)c1ccc(Cl)cc1Cl.O=[N+]([O-])O. The van der Waals surface area contributed by atoms with Crippen LogP contribution in [0.5, 0.6) is 0 Å². The van der Waals surface area contributed by atoms with Crippen molar-refractivity contribution in [1.29, 1.82) is 0 Å². The van der Waals surface area contributed by atoms with Crippen molar-refractivity contribution < 1.29 is 19.8 Å². The molecular formula is C16H19Cl2N3O5. The van der Waals surface area contributed by atoms with Gasteiger partial charge in [-0.15, -0.1) is 10.1 Å². The highest BCUT2D eigenvalue weighted by molar-refractivity contribution is 6.35. The van der Waals surface area contributed by atoms with Gasteiger partial charge in [-0.2, -0.15) is 0 Å². The quantitative estimate of drug-likeness (QED) is 0.227. The average Bonchev–Trinajstić information content (AvgIpc) is 3.06. The van der Waals surface area contributed by atoms with E-state index in [1.54, 1.807) is 35.4 Å². The molecule has 10 heteroatoms. The molecule has 2 aromatic rings. The lowest BCUT2D eigenvalue weighted by atomic mass is 10.2. The zero-order valence-electron chi connectivity index (χ0n) is 14.0. The third-order valence-corrected chi connectivity index (χ3v) is 3.48. The Kier molecular flexibility index (Phi) is 10.1. The van der Waals surface area contributed by atoms with Crippen molar-refractivity contribution >= 4 is 35.2 Å². The second kappa shape index (κ2) is 12.1. The Labute approximate surface area is 160 Å². The highest BCUT2D eigenvalue weighted by Gasteiger charge is 2.09. The standard InChI is InChI=1S/C16H18Cl2N2O2.HNO3/c1-2-3-8-21-12-22-16(10-20-7-6-19-11-20)14-5-4-13(17)9-15(14)18;2-1(3)4/h4-7,9-11H,2-3,8,12H2,1H3;(H,2,3,4)/b16-10+;. The lowest BCUT2D eigenvalue weighted by molar-refractivity contribution is -0.742. The van der Waals surface area contributed by atoms with Gasteiger partial charge in [-0.25, -0.2) is 4.98 Å². The first-order valence-electron chi connectivity index (χ1n) is 7.62. The molecule has 1 heterocycles. The maximum atomic E-state index is 8.36. The second-order valence-electron chi connectivity index (χ2n) is 4.89. The van der Waals surface area contributed by atoms with Gasteiger partial charge in [0.2, 0.25) is 0 Å². The number of rotatable bonds is 8.